The summed E-state index contributed by atoms with van der Waals surface area (Å²) in [6.07, 6.45) is -12.0. The minimum atomic E-state index is -6.65. The first-order valence-corrected chi connectivity index (χ1v) is 17.6. The number of benzene rings is 1. The molecule has 4 rings (SSSR count). The van der Waals surface area contributed by atoms with Crippen LogP contribution in [0.3, 0.4) is 0 Å². The molecule has 0 aliphatic heterocycles. The summed E-state index contributed by atoms with van der Waals surface area (Å²) in [5.41, 5.74) is 1.06. The number of fused-ring (bicyclic) bond motifs is 5. The minimum absolute atomic E-state index is 0.00500. The number of hydrogen-bond donors (Lipinski definition) is 2. The zero-order valence-corrected chi connectivity index (χ0v) is 27.3. The van der Waals surface area contributed by atoms with Crippen LogP contribution in [0.15, 0.2) is 18.2 Å². The monoisotopic (exact) mass is 750 g/mol. The molecule has 49 heavy (non-hydrogen) atoms. The lowest BCUT2D eigenvalue weighted by molar-refractivity contribution is -0.367. The zero-order chi connectivity index (χ0) is 37.0. The van der Waals surface area contributed by atoms with E-state index in [9.17, 15) is 71.5 Å². The molecule has 0 radical (unpaired) electrons. The second-order valence-corrected chi connectivity index (χ2v) is 15.8. The van der Waals surface area contributed by atoms with Crippen LogP contribution in [0.1, 0.15) is 88.2 Å². The highest BCUT2D eigenvalue weighted by atomic mass is 32.2. The number of phenols is 1. The van der Waals surface area contributed by atoms with Gasteiger partial charge in [-0.3, -0.25) is 4.21 Å². The largest absolute Gasteiger partial charge is 0.508 e. The van der Waals surface area contributed by atoms with E-state index in [4.69, 9.17) is 0 Å². The average Bonchev–Trinajstić information content (AvgIpc) is 3.28. The molecule has 0 aromatic heterocycles. The highest BCUT2D eigenvalue weighted by Crippen LogP contribution is 2.64. The molecule has 2 N–H and O–H groups in total. The predicted molar refractivity (Wildman–Crippen MR) is 154 cm³/mol. The highest BCUT2D eigenvalue weighted by molar-refractivity contribution is 7.84. The van der Waals surface area contributed by atoms with Gasteiger partial charge in [0.15, 0.2) is 0 Å². The molecule has 3 aliphatic carbocycles. The van der Waals surface area contributed by atoms with Crippen LogP contribution in [0.4, 0.5) is 57.1 Å². The van der Waals surface area contributed by atoms with Gasteiger partial charge in [-0.25, -0.2) is 0 Å². The molecule has 3 nitrogen and oxygen atoms in total. The van der Waals surface area contributed by atoms with Crippen molar-refractivity contribution in [2.24, 2.45) is 23.2 Å². The van der Waals surface area contributed by atoms with E-state index < -0.39 is 108 Å². The van der Waals surface area contributed by atoms with Crippen molar-refractivity contribution < 1.29 is 71.5 Å². The fraction of sp³-hybridized carbons (Fsp3) is 0.812. The molecular formula is C32H39F13O3S. The van der Waals surface area contributed by atoms with Gasteiger partial charge in [-0.1, -0.05) is 13.0 Å². The van der Waals surface area contributed by atoms with Crippen LogP contribution in [0, 0.1) is 23.2 Å². The van der Waals surface area contributed by atoms with Crippen molar-refractivity contribution in [2.45, 2.75) is 125 Å². The molecule has 0 spiro atoms. The van der Waals surface area contributed by atoms with Crippen molar-refractivity contribution in [2.75, 3.05) is 11.5 Å². The smallest absolute Gasteiger partial charge is 0.453 e. The van der Waals surface area contributed by atoms with Gasteiger partial charge in [0, 0.05) is 41.6 Å². The van der Waals surface area contributed by atoms with E-state index >= 15 is 0 Å². The SMILES string of the molecule is C[C@@]12C[C@H](CCCC(F)(F)C(F)(F)C(F)(F)C(F)(F)CCS(=O)CCCC(F)(F)C(F)(F)F)[C@@H]3c4ccc(O)cc4CC[C@H]3[C@@H]1CC[C@@H]2O. The van der Waals surface area contributed by atoms with Gasteiger partial charge in [0.2, 0.25) is 0 Å². The third kappa shape index (κ3) is 7.44. The number of alkyl halides is 13. The summed E-state index contributed by atoms with van der Waals surface area (Å²) in [5.74, 6) is -33.2. The first-order chi connectivity index (χ1) is 22.3. The van der Waals surface area contributed by atoms with Crippen molar-refractivity contribution in [1.82, 2.24) is 0 Å². The van der Waals surface area contributed by atoms with Crippen LogP contribution in [-0.4, -0.2) is 67.8 Å². The first kappa shape index (κ1) is 40.0. The maximum absolute atomic E-state index is 14.9. The van der Waals surface area contributed by atoms with Gasteiger partial charge in [0.25, 0.3) is 0 Å². The van der Waals surface area contributed by atoms with E-state index in [1.54, 1.807) is 12.1 Å². The average molecular weight is 751 g/mol. The summed E-state index contributed by atoms with van der Waals surface area (Å²) in [7, 11) is -2.73. The molecule has 0 amide bonds. The lowest BCUT2D eigenvalue weighted by atomic mass is 9.51. The Hall–Kier alpha value is -1.78. The van der Waals surface area contributed by atoms with Gasteiger partial charge in [-0.15, -0.1) is 0 Å². The molecule has 1 unspecified atom stereocenters. The van der Waals surface area contributed by atoms with E-state index in [2.05, 4.69) is 0 Å². The van der Waals surface area contributed by atoms with Crippen LogP contribution < -0.4 is 0 Å². The molecule has 7 atom stereocenters. The molecule has 17 heteroatoms. The first-order valence-electron chi connectivity index (χ1n) is 16.1. The number of halogens is 13. The van der Waals surface area contributed by atoms with Gasteiger partial charge in [-0.2, -0.15) is 57.1 Å². The highest BCUT2D eigenvalue weighted by Gasteiger charge is 2.79. The standard InChI is InChI=1S/C32H39F13O3S/c1-26-17-19(25-21-8-6-20(46)16-18(21)5-7-22(25)23(26)9-10-24(26)47)4-2-11-27(33,34)30(39,40)31(41,42)28(35,36)13-15-49(48)14-3-12-29(37,38)32(43,44)45/h6,8,16,19,22-25,46-47H,2-5,7,9-15,17H2,1H3/t19-,22-,23-,24-,25+,26+,49?/m0/s1. The second-order valence-electron chi connectivity index (χ2n) is 14.1. The molecule has 282 valence electrons. The van der Waals surface area contributed by atoms with E-state index in [1.165, 1.54) is 6.07 Å². The van der Waals surface area contributed by atoms with Crippen molar-refractivity contribution in [3.8, 4) is 5.75 Å². The predicted octanol–water partition coefficient (Wildman–Crippen LogP) is 9.66. The number of rotatable bonds is 14. The van der Waals surface area contributed by atoms with Crippen LogP contribution in [0.2, 0.25) is 0 Å². The van der Waals surface area contributed by atoms with Crippen LogP contribution in [0.5, 0.6) is 5.75 Å². The van der Waals surface area contributed by atoms with Gasteiger partial charge < -0.3 is 10.2 Å². The van der Waals surface area contributed by atoms with E-state index in [0.29, 0.717) is 32.1 Å². The molecule has 1 aromatic rings. The Morgan fingerprint density at radius 2 is 1.39 bits per heavy atom. The summed E-state index contributed by atoms with van der Waals surface area (Å²) < 4.78 is 192. The second kappa shape index (κ2) is 13.6. The Morgan fingerprint density at radius 1 is 0.796 bits per heavy atom. The fourth-order valence-electron chi connectivity index (χ4n) is 8.43. The summed E-state index contributed by atoms with van der Waals surface area (Å²) in [4.78, 5) is 0. The quantitative estimate of drug-likeness (QED) is 0.186. The summed E-state index contributed by atoms with van der Waals surface area (Å²) in [5, 5.41) is 20.8. The number of aliphatic hydroxyl groups excluding tert-OH is 1. The Labute approximate surface area is 277 Å². The van der Waals surface area contributed by atoms with E-state index in [1.807, 2.05) is 6.92 Å². The van der Waals surface area contributed by atoms with Gasteiger partial charge >= 0.3 is 35.8 Å². The number of phenolic OH excluding ortho intramolecular Hbond substituents is 1. The van der Waals surface area contributed by atoms with Crippen LogP contribution >= 0.6 is 0 Å². The van der Waals surface area contributed by atoms with Gasteiger partial charge in [0.05, 0.1) is 6.10 Å². The van der Waals surface area contributed by atoms with Gasteiger partial charge in [0.1, 0.15) is 5.75 Å². The summed E-state index contributed by atoms with van der Waals surface area (Å²) in [6.45, 7) is 1.88. The number of aliphatic hydroxyl groups is 1. The Kier molecular flexibility index (Phi) is 11.1. The lowest BCUT2D eigenvalue weighted by Gasteiger charge is -2.54. The number of aryl methyl sites for hydroxylation is 1. The Morgan fingerprint density at radius 3 is 2.00 bits per heavy atom. The van der Waals surface area contributed by atoms with Crippen molar-refractivity contribution in [3.05, 3.63) is 29.3 Å². The number of hydrogen-bond acceptors (Lipinski definition) is 3. The molecule has 0 bridgehead atoms. The summed E-state index contributed by atoms with van der Waals surface area (Å²) in [6, 6.07) is 4.76. The fourth-order valence-corrected chi connectivity index (χ4v) is 9.58. The molecule has 0 saturated heterocycles. The van der Waals surface area contributed by atoms with Crippen molar-refractivity contribution in [1.29, 1.82) is 0 Å². The minimum Gasteiger partial charge on any atom is -0.508 e. The number of aromatic hydroxyl groups is 1. The van der Waals surface area contributed by atoms with Crippen molar-refractivity contribution >= 4 is 10.8 Å². The lowest BCUT2D eigenvalue weighted by Crippen LogP contribution is -2.62. The Bertz CT molecular complexity index is 1350. The molecule has 2 fully saturated rings. The maximum atomic E-state index is 14.9. The zero-order valence-electron chi connectivity index (χ0n) is 26.4. The Balaban J connectivity index is 1.42. The molecule has 2 saturated carbocycles. The molecule has 3 aliphatic rings. The third-order valence-electron chi connectivity index (χ3n) is 11.1. The third-order valence-corrected chi connectivity index (χ3v) is 12.5. The molecular weight excluding hydrogens is 711 g/mol. The van der Waals surface area contributed by atoms with Crippen molar-refractivity contribution in [3.63, 3.8) is 0 Å². The normalized spacial score (nSPS) is 28.9. The summed E-state index contributed by atoms with van der Waals surface area (Å²) >= 11 is 0. The van der Waals surface area contributed by atoms with Gasteiger partial charge in [-0.05, 0) is 104 Å². The van der Waals surface area contributed by atoms with E-state index in [-0.39, 0.29) is 29.9 Å². The maximum Gasteiger partial charge on any atom is 0.453 e. The molecule has 1 aromatic carbocycles. The van der Waals surface area contributed by atoms with Crippen LogP contribution in [-0.2, 0) is 17.2 Å². The molecule has 0 heterocycles. The van der Waals surface area contributed by atoms with E-state index in [0.717, 1.165) is 11.1 Å². The van der Waals surface area contributed by atoms with Crippen LogP contribution in [0.25, 0.3) is 0 Å². The topological polar surface area (TPSA) is 57.5 Å².